The van der Waals surface area contributed by atoms with Gasteiger partial charge in [0.25, 0.3) is 10.0 Å². The molecule has 0 saturated carbocycles. The molecule has 0 unspecified atom stereocenters. The van der Waals surface area contributed by atoms with E-state index < -0.39 is 10.0 Å². The molecule has 1 N–H and O–H groups in total. The van der Waals surface area contributed by atoms with Crippen LogP contribution in [0.5, 0.6) is 0 Å². The summed E-state index contributed by atoms with van der Waals surface area (Å²) >= 11 is 8.28. The van der Waals surface area contributed by atoms with Crippen molar-refractivity contribution >= 4 is 44.7 Å². The number of sulfonamides is 1. The van der Waals surface area contributed by atoms with Crippen LogP contribution in [-0.4, -0.2) is 30.9 Å². The standard InChI is InChI=1S/C9H15ClN2O2S3/c1-6-7(16-8(10)12-6)17(13,14)11-5-9(2,3)15-4/h11H,5H2,1-4H3. The van der Waals surface area contributed by atoms with Crippen LogP contribution in [0.25, 0.3) is 0 Å². The Labute approximate surface area is 115 Å². The molecule has 0 atom stereocenters. The first kappa shape index (κ1) is 15.2. The van der Waals surface area contributed by atoms with Gasteiger partial charge in [-0.15, -0.1) is 0 Å². The summed E-state index contributed by atoms with van der Waals surface area (Å²) in [4.78, 5) is 3.90. The summed E-state index contributed by atoms with van der Waals surface area (Å²) in [5.74, 6) is 0. The highest BCUT2D eigenvalue weighted by atomic mass is 35.5. The molecule has 0 aliphatic heterocycles. The summed E-state index contributed by atoms with van der Waals surface area (Å²) in [5.41, 5.74) is 0.439. The van der Waals surface area contributed by atoms with E-state index in [0.29, 0.717) is 12.2 Å². The number of aryl methyl sites for hydroxylation is 1. The van der Waals surface area contributed by atoms with Crippen LogP contribution in [0.15, 0.2) is 4.21 Å². The Kier molecular flexibility index (Phi) is 4.88. The number of halogens is 1. The zero-order valence-corrected chi connectivity index (χ0v) is 13.3. The van der Waals surface area contributed by atoms with E-state index in [1.54, 1.807) is 18.7 Å². The number of rotatable bonds is 5. The molecule has 0 fully saturated rings. The number of nitrogens with one attached hydrogen (secondary N) is 1. The SMILES string of the molecule is CSC(C)(C)CNS(=O)(=O)c1sc(Cl)nc1C. The van der Waals surface area contributed by atoms with Crippen molar-refractivity contribution in [3.05, 3.63) is 10.2 Å². The van der Waals surface area contributed by atoms with Crippen molar-refractivity contribution < 1.29 is 8.42 Å². The fourth-order valence-electron chi connectivity index (χ4n) is 1.01. The van der Waals surface area contributed by atoms with Crippen LogP contribution in [0.4, 0.5) is 0 Å². The van der Waals surface area contributed by atoms with Crippen LogP contribution in [0.2, 0.25) is 4.47 Å². The van der Waals surface area contributed by atoms with Crippen molar-refractivity contribution in [2.24, 2.45) is 0 Å². The lowest BCUT2D eigenvalue weighted by Gasteiger charge is -2.21. The van der Waals surface area contributed by atoms with Gasteiger partial charge in [-0.3, -0.25) is 0 Å². The molecular formula is C9H15ClN2O2S3. The second-order valence-corrected chi connectivity index (χ2v) is 9.18. The van der Waals surface area contributed by atoms with Crippen LogP contribution >= 0.6 is 34.7 Å². The minimum atomic E-state index is -3.51. The van der Waals surface area contributed by atoms with Crippen molar-refractivity contribution in [3.8, 4) is 0 Å². The number of nitrogens with zero attached hydrogens (tertiary/aromatic N) is 1. The highest BCUT2D eigenvalue weighted by Crippen LogP contribution is 2.27. The minimum absolute atomic E-state index is 0.143. The van der Waals surface area contributed by atoms with Gasteiger partial charge in [0.15, 0.2) is 8.68 Å². The first-order chi connectivity index (χ1) is 7.68. The fraction of sp³-hybridized carbons (Fsp3) is 0.667. The quantitative estimate of drug-likeness (QED) is 0.907. The van der Waals surface area contributed by atoms with Gasteiger partial charge in [-0.2, -0.15) is 11.8 Å². The summed E-state index contributed by atoms with van der Waals surface area (Å²) in [6, 6.07) is 0. The van der Waals surface area contributed by atoms with Crippen LogP contribution in [0, 0.1) is 6.92 Å². The third-order valence-electron chi connectivity index (χ3n) is 2.21. The maximum Gasteiger partial charge on any atom is 0.252 e. The van der Waals surface area contributed by atoms with Gasteiger partial charge in [0, 0.05) is 11.3 Å². The molecule has 0 bridgehead atoms. The molecule has 17 heavy (non-hydrogen) atoms. The number of thioether (sulfide) groups is 1. The van der Waals surface area contributed by atoms with Gasteiger partial charge in [0.1, 0.15) is 0 Å². The van der Waals surface area contributed by atoms with E-state index in [1.807, 2.05) is 20.1 Å². The first-order valence-corrected chi connectivity index (χ1v) is 8.76. The fourth-order valence-corrected chi connectivity index (χ4v) is 4.31. The zero-order valence-electron chi connectivity index (χ0n) is 10.1. The Morgan fingerprint density at radius 2 is 2.12 bits per heavy atom. The van der Waals surface area contributed by atoms with E-state index in [0.717, 1.165) is 11.3 Å². The maximum atomic E-state index is 12.0. The Bertz CT molecular complexity index is 496. The molecule has 98 valence electrons. The van der Waals surface area contributed by atoms with Crippen LogP contribution in [-0.2, 0) is 10.0 Å². The van der Waals surface area contributed by atoms with Gasteiger partial charge in [-0.1, -0.05) is 22.9 Å². The van der Waals surface area contributed by atoms with Gasteiger partial charge in [0.05, 0.1) is 5.69 Å². The Balaban J connectivity index is 2.87. The molecule has 1 aromatic rings. The van der Waals surface area contributed by atoms with Gasteiger partial charge in [0.2, 0.25) is 0 Å². The normalized spacial score (nSPS) is 13.0. The van der Waals surface area contributed by atoms with E-state index >= 15 is 0 Å². The van der Waals surface area contributed by atoms with Crippen LogP contribution in [0.1, 0.15) is 19.5 Å². The lowest BCUT2D eigenvalue weighted by atomic mass is 10.2. The third kappa shape index (κ3) is 4.10. The molecule has 0 amide bonds. The predicted octanol–water partition coefficient (Wildman–Crippen LogP) is 2.52. The van der Waals surface area contributed by atoms with E-state index in [4.69, 9.17) is 11.6 Å². The van der Waals surface area contributed by atoms with Gasteiger partial charge in [-0.05, 0) is 27.0 Å². The van der Waals surface area contributed by atoms with Crippen molar-refractivity contribution in [1.82, 2.24) is 9.71 Å². The molecule has 0 spiro atoms. The summed E-state index contributed by atoms with van der Waals surface area (Å²) in [5, 5.41) is 0. The molecule has 4 nitrogen and oxygen atoms in total. The largest absolute Gasteiger partial charge is 0.252 e. The minimum Gasteiger partial charge on any atom is -0.229 e. The second kappa shape index (κ2) is 5.44. The summed E-state index contributed by atoms with van der Waals surface area (Å²) in [7, 11) is -3.51. The number of thiazole rings is 1. The highest BCUT2D eigenvalue weighted by Gasteiger charge is 2.25. The van der Waals surface area contributed by atoms with Crippen LogP contribution < -0.4 is 4.72 Å². The predicted molar refractivity (Wildman–Crippen MR) is 74.6 cm³/mol. The molecule has 1 aromatic heterocycles. The highest BCUT2D eigenvalue weighted by molar-refractivity contribution is 8.00. The first-order valence-electron chi connectivity index (χ1n) is 4.86. The average molecular weight is 315 g/mol. The molecule has 1 heterocycles. The Morgan fingerprint density at radius 1 is 1.53 bits per heavy atom. The number of aromatic nitrogens is 1. The summed E-state index contributed by atoms with van der Waals surface area (Å²) in [6.45, 7) is 5.96. The third-order valence-corrected chi connectivity index (χ3v) is 6.73. The van der Waals surface area contributed by atoms with Gasteiger partial charge in [-0.25, -0.2) is 18.1 Å². The second-order valence-electron chi connectivity index (χ2n) is 4.13. The van der Waals surface area contributed by atoms with Crippen molar-refractivity contribution in [2.45, 2.75) is 29.7 Å². The molecule has 8 heteroatoms. The monoisotopic (exact) mass is 314 g/mol. The summed E-state index contributed by atoms with van der Waals surface area (Å²) in [6.07, 6.45) is 1.95. The molecule has 0 saturated heterocycles. The molecule has 1 rings (SSSR count). The van der Waals surface area contributed by atoms with Gasteiger partial charge >= 0.3 is 0 Å². The zero-order chi connectivity index (χ0) is 13.3. The number of hydrogen-bond acceptors (Lipinski definition) is 5. The molecule has 0 radical (unpaired) electrons. The summed E-state index contributed by atoms with van der Waals surface area (Å²) < 4.78 is 26.9. The maximum absolute atomic E-state index is 12.0. The van der Waals surface area contributed by atoms with Crippen LogP contribution in [0.3, 0.4) is 0 Å². The Morgan fingerprint density at radius 3 is 2.53 bits per heavy atom. The van der Waals surface area contributed by atoms with E-state index in [-0.39, 0.29) is 13.4 Å². The van der Waals surface area contributed by atoms with Crippen molar-refractivity contribution in [3.63, 3.8) is 0 Å². The molecule has 0 aromatic carbocycles. The lowest BCUT2D eigenvalue weighted by molar-refractivity contribution is 0.572. The van der Waals surface area contributed by atoms with E-state index in [2.05, 4.69) is 9.71 Å². The topological polar surface area (TPSA) is 59.1 Å². The lowest BCUT2D eigenvalue weighted by Crippen LogP contribution is -2.36. The van der Waals surface area contributed by atoms with E-state index in [1.165, 1.54) is 0 Å². The molecule has 0 aliphatic carbocycles. The molecular weight excluding hydrogens is 300 g/mol. The van der Waals surface area contributed by atoms with Crippen molar-refractivity contribution in [1.29, 1.82) is 0 Å². The van der Waals surface area contributed by atoms with Gasteiger partial charge < -0.3 is 0 Å². The molecule has 0 aliphatic rings. The number of hydrogen-bond donors (Lipinski definition) is 1. The van der Waals surface area contributed by atoms with Crippen molar-refractivity contribution in [2.75, 3.05) is 12.8 Å². The average Bonchev–Trinajstić information content (AvgIpc) is 2.56. The van der Waals surface area contributed by atoms with E-state index in [9.17, 15) is 8.42 Å². The Hall–Kier alpha value is 0.180. The smallest absolute Gasteiger partial charge is 0.229 e.